The zero-order valence-electron chi connectivity index (χ0n) is 15.8. The van der Waals surface area contributed by atoms with Crippen molar-refractivity contribution in [3.05, 3.63) is 58.3 Å². The van der Waals surface area contributed by atoms with Crippen LogP contribution in [-0.4, -0.2) is 39.8 Å². The second-order valence-electron chi connectivity index (χ2n) is 6.23. The fraction of sp³-hybridized carbons (Fsp3) is 0.421. The Labute approximate surface area is 166 Å². The molecule has 0 fully saturated rings. The summed E-state index contributed by atoms with van der Waals surface area (Å²) in [5, 5.41) is 10.4. The zero-order chi connectivity index (χ0) is 19.5. The number of guanidine groups is 1. The molecule has 148 valence electrons. The van der Waals surface area contributed by atoms with Crippen LogP contribution in [0.3, 0.4) is 0 Å². The van der Waals surface area contributed by atoms with Gasteiger partial charge in [0.1, 0.15) is 0 Å². The maximum atomic E-state index is 12.2. The van der Waals surface area contributed by atoms with Gasteiger partial charge in [-0.05, 0) is 34.9 Å². The van der Waals surface area contributed by atoms with Crippen molar-refractivity contribution in [3.63, 3.8) is 0 Å². The molecule has 0 aliphatic heterocycles. The van der Waals surface area contributed by atoms with Gasteiger partial charge in [-0.15, -0.1) is 0 Å². The Morgan fingerprint density at radius 3 is 2.63 bits per heavy atom. The van der Waals surface area contributed by atoms with E-state index in [2.05, 4.69) is 44.1 Å². The number of aliphatic imine (C=N–C) groups is 1. The van der Waals surface area contributed by atoms with Gasteiger partial charge in [0.25, 0.3) is 0 Å². The highest BCUT2D eigenvalue weighted by Crippen LogP contribution is 2.18. The minimum atomic E-state index is -3.35. The Balaban J connectivity index is 1.79. The number of nitrogens with one attached hydrogen (secondary N) is 3. The summed E-state index contributed by atoms with van der Waals surface area (Å²) >= 11 is 1.68. The molecule has 2 rings (SSSR count). The first-order valence-electron chi connectivity index (χ1n) is 9.05. The fourth-order valence-corrected chi connectivity index (χ4v) is 4.08. The molecule has 0 saturated heterocycles. The van der Waals surface area contributed by atoms with E-state index in [0.717, 1.165) is 12.1 Å². The number of benzene rings is 1. The van der Waals surface area contributed by atoms with Crippen molar-refractivity contribution in [3.8, 4) is 0 Å². The van der Waals surface area contributed by atoms with Gasteiger partial charge < -0.3 is 10.6 Å². The van der Waals surface area contributed by atoms with Crippen molar-refractivity contribution in [2.24, 2.45) is 4.99 Å². The van der Waals surface area contributed by atoms with Crippen LogP contribution >= 0.6 is 11.3 Å². The molecular weight excluding hydrogens is 380 g/mol. The van der Waals surface area contributed by atoms with Gasteiger partial charge in [-0.2, -0.15) is 11.3 Å². The molecule has 0 amide bonds. The van der Waals surface area contributed by atoms with Crippen LogP contribution in [0.4, 0.5) is 0 Å². The zero-order valence-corrected chi connectivity index (χ0v) is 17.4. The van der Waals surface area contributed by atoms with Crippen LogP contribution < -0.4 is 15.4 Å². The summed E-state index contributed by atoms with van der Waals surface area (Å²) in [6.07, 6.45) is 0. The van der Waals surface area contributed by atoms with Crippen LogP contribution in [0.25, 0.3) is 0 Å². The standard InChI is InChI=1S/C19H28N4O2S2/c1-3-20-19(22-13-16(2)18-9-11-26-15-18)21-10-12-27(24,25)23-14-17-7-5-4-6-8-17/h4-9,11,15-16,23H,3,10,12-14H2,1-2H3,(H2,20,21,22). The molecular formula is C19H28N4O2S2. The molecule has 1 aromatic heterocycles. The van der Waals surface area contributed by atoms with Gasteiger partial charge in [-0.3, -0.25) is 4.99 Å². The molecule has 1 heterocycles. The molecule has 6 nitrogen and oxygen atoms in total. The van der Waals surface area contributed by atoms with E-state index in [-0.39, 0.29) is 5.75 Å². The molecule has 0 radical (unpaired) electrons. The molecule has 0 aliphatic rings. The van der Waals surface area contributed by atoms with Crippen molar-refractivity contribution >= 4 is 27.3 Å². The average Bonchev–Trinajstić information content (AvgIpc) is 3.20. The van der Waals surface area contributed by atoms with E-state index in [1.54, 1.807) is 11.3 Å². The number of nitrogens with zero attached hydrogens (tertiary/aromatic N) is 1. The monoisotopic (exact) mass is 408 g/mol. The smallest absolute Gasteiger partial charge is 0.213 e. The highest BCUT2D eigenvalue weighted by molar-refractivity contribution is 7.89. The van der Waals surface area contributed by atoms with Crippen molar-refractivity contribution in [1.29, 1.82) is 0 Å². The first-order chi connectivity index (χ1) is 13.0. The Hall–Kier alpha value is -1.90. The maximum absolute atomic E-state index is 12.2. The van der Waals surface area contributed by atoms with Crippen LogP contribution in [0, 0.1) is 0 Å². The molecule has 1 atom stereocenters. The molecule has 0 saturated carbocycles. The van der Waals surface area contributed by atoms with E-state index in [4.69, 9.17) is 0 Å². The van der Waals surface area contributed by atoms with E-state index in [0.29, 0.717) is 31.5 Å². The lowest BCUT2D eigenvalue weighted by atomic mass is 10.1. The van der Waals surface area contributed by atoms with Gasteiger partial charge in [-0.1, -0.05) is 37.3 Å². The van der Waals surface area contributed by atoms with Crippen LogP contribution in [0.1, 0.15) is 30.9 Å². The van der Waals surface area contributed by atoms with Crippen LogP contribution in [0.15, 0.2) is 52.2 Å². The summed E-state index contributed by atoms with van der Waals surface area (Å²) in [5.41, 5.74) is 2.21. The number of hydrogen-bond acceptors (Lipinski definition) is 4. The predicted octanol–water partition coefficient (Wildman–Crippen LogP) is 2.53. The Morgan fingerprint density at radius 1 is 1.19 bits per heavy atom. The quantitative estimate of drug-likeness (QED) is 0.417. The van der Waals surface area contributed by atoms with Crippen molar-refractivity contribution in [1.82, 2.24) is 15.4 Å². The SMILES string of the molecule is CCNC(=NCC(C)c1ccsc1)NCCS(=O)(=O)NCc1ccccc1. The first kappa shape index (κ1) is 21.4. The summed E-state index contributed by atoms with van der Waals surface area (Å²) in [4.78, 5) is 4.57. The molecule has 3 N–H and O–H groups in total. The van der Waals surface area contributed by atoms with Crippen LogP contribution in [0.5, 0.6) is 0 Å². The predicted molar refractivity (Wildman–Crippen MR) is 114 cm³/mol. The largest absolute Gasteiger partial charge is 0.357 e. The summed E-state index contributed by atoms with van der Waals surface area (Å²) in [7, 11) is -3.35. The third kappa shape index (κ3) is 8.11. The van der Waals surface area contributed by atoms with Gasteiger partial charge >= 0.3 is 0 Å². The molecule has 0 spiro atoms. The van der Waals surface area contributed by atoms with Crippen molar-refractivity contribution < 1.29 is 8.42 Å². The summed E-state index contributed by atoms with van der Waals surface area (Å²) in [5.74, 6) is 0.949. The maximum Gasteiger partial charge on any atom is 0.213 e. The minimum Gasteiger partial charge on any atom is -0.357 e. The lowest BCUT2D eigenvalue weighted by molar-refractivity contribution is 0.580. The van der Waals surface area contributed by atoms with E-state index in [1.165, 1.54) is 5.56 Å². The van der Waals surface area contributed by atoms with Gasteiger partial charge in [0.2, 0.25) is 10.0 Å². The third-order valence-corrected chi connectivity index (χ3v) is 6.01. The minimum absolute atomic E-state index is 0.00959. The molecule has 0 bridgehead atoms. The summed E-state index contributed by atoms with van der Waals surface area (Å²) < 4.78 is 26.9. The molecule has 0 aliphatic carbocycles. The normalized spacial score (nSPS) is 13.3. The summed E-state index contributed by atoms with van der Waals surface area (Å²) in [6.45, 7) is 6.08. The Bertz CT molecular complexity index is 790. The van der Waals surface area contributed by atoms with Gasteiger partial charge in [-0.25, -0.2) is 13.1 Å². The van der Waals surface area contributed by atoms with E-state index >= 15 is 0 Å². The molecule has 1 unspecified atom stereocenters. The van der Waals surface area contributed by atoms with Crippen LogP contribution in [0.2, 0.25) is 0 Å². The van der Waals surface area contributed by atoms with E-state index in [1.807, 2.05) is 37.3 Å². The number of sulfonamides is 1. The van der Waals surface area contributed by atoms with E-state index in [9.17, 15) is 8.42 Å². The first-order valence-corrected chi connectivity index (χ1v) is 11.6. The number of rotatable bonds is 10. The molecule has 27 heavy (non-hydrogen) atoms. The van der Waals surface area contributed by atoms with Crippen molar-refractivity contribution in [2.75, 3.05) is 25.4 Å². The highest BCUT2D eigenvalue weighted by atomic mass is 32.2. The van der Waals surface area contributed by atoms with Gasteiger partial charge in [0.05, 0.1) is 5.75 Å². The van der Waals surface area contributed by atoms with Gasteiger partial charge in [0, 0.05) is 32.1 Å². The molecule has 1 aromatic carbocycles. The number of thiophene rings is 1. The van der Waals surface area contributed by atoms with E-state index < -0.39 is 10.0 Å². The lowest BCUT2D eigenvalue weighted by Crippen LogP contribution is -2.41. The molecule has 8 heteroatoms. The Morgan fingerprint density at radius 2 is 1.96 bits per heavy atom. The Kier molecular flexibility index (Phi) is 8.77. The van der Waals surface area contributed by atoms with Gasteiger partial charge in [0.15, 0.2) is 5.96 Å². The average molecular weight is 409 g/mol. The number of hydrogen-bond donors (Lipinski definition) is 3. The summed E-state index contributed by atoms with van der Waals surface area (Å²) in [6, 6.07) is 11.6. The topological polar surface area (TPSA) is 82.6 Å². The van der Waals surface area contributed by atoms with Crippen LogP contribution in [-0.2, 0) is 16.6 Å². The fourth-order valence-electron chi connectivity index (χ4n) is 2.40. The second-order valence-corrected chi connectivity index (χ2v) is 8.94. The highest BCUT2D eigenvalue weighted by Gasteiger charge is 2.11. The van der Waals surface area contributed by atoms with Crippen molar-refractivity contribution in [2.45, 2.75) is 26.3 Å². The molecule has 2 aromatic rings. The lowest BCUT2D eigenvalue weighted by Gasteiger charge is -2.13. The third-order valence-electron chi connectivity index (χ3n) is 3.98. The second kappa shape index (κ2) is 11.1.